The fourth-order valence-electron chi connectivity index (χ4n) is 3.31. The Morgan fingerprint density at radius 2 is 2.07 bits per heavy atom. The van der Waals surface area contributed by atoms with Gasteiger partial charge in [-0.3, -0.25) is 14.8 Å². The van der Waals surface area contributed by atoms with Crippen LogP contribution < -0.4 is 5.32 Å². The fraction of sp³-hybridized carbons (Fsp3) is 0.238. The van der Waals surface area contributed by atoms with Crippen LogP contribution in [0.2, 0.25) is 0 Å². The standard InChI is InChI=1S/C21H21N7O/c1-15-25-18(11-19(26-15)27-20-13-23-8-9-24-20)17-6-10-28(14-17)21(29)5-4-16-3-2-7-22-12-16/h2-5,7-9,11-13,17H,6,10,14H2,1H3,(H,24,25,26,27)/b5-4+/t17-/m0/s1. The predicted octanol–water partition coefficient (Wildman–Crippen LogP) is 2.74. The minimum Gasteiger partial charge on any atom is -0.338 e. The molecule has 3 aromatic heterocycles. The van der Waals surface area contributed by atoms with Gasteiger partial charge in [0.2, 0.25) is 5.91 Å². The molecule has 0 unspecified atom stereocenters. The predicted molar refractivity (Wildman–Crippen MR) is 109 cm³/mol. The Balaban J connectivity index is 1.43. The normalized spacial score (nSPS) is 16.3. The maximum absolute atomic E-state index is 12.5. The van der Waals surface area contributed by atoms with E-state index in [1.54, 1.807) is 43.1 Å². The van der Waals surface area contributed by atoms with Crippen LogP contribution in [0.25, 0.3) is 6.08 Å². The topological polar surface area (TPSA) is 96.8 Å². The summed E-state index contributed by atoms with van der Waals surface area (Å²) in [6.45, 7) is 3.20. The van der Waals surface area contributed by atoms with E-state index in [1.165, 1.54) is 0 Å². The molecule has 1 saturated heterocycles. The molecular weight excluding hydrogens is 366 g/mol. The molecule has 1 fully saturated rings. The SMILES string of the molecule is Cc1nc(Nc2cnccn2)cc([C@H]2CCN(C(=O)/C=C/c3cccnc3)C2)n1. The van der Waals surface area contributed by atoms with Gasteiger partial charge in [-0.1, -0.05) is 6.07 Å². The van der Waals surface area contributed by atoms with E-state index >= 15 is 0 Å². The number of hydrogen-bond donors (Lipinski definition) is 1. The third kappa shape index (κ3) is 4.78. The molecule has 1 amide bonds. The molecule has 1 atom stereocenters. The van der Waals surface area contributed by atoms with E-state index in [2.05, 4.69) is 30.2 Å². The zero-order valence-corrected chi connectivity index (χ0v) is 16.1. The van der Waals surface area contributed by atoms with E-state index in [4.69, 9.17) is 0 Å². The summed E-state index contributed by atoms with van der Waals surface area (Å²) in [4.78, 5) is 35.7. The highest BCUT2D eigenvalue weighted by atomic mass is 16.2. The number of amides is 1. The maximum atomic E-state index is 12.5. The molecule has 1 aliphatic rings. The van der Waals surface area contributed by atoms with Crippen LogP contribution >= 0.6 is 0 Å². The van der Waals surface area contributed by atoms with Crippen molar-refractivity contribution in [2.45, 2.75) is 19.3 Å². The van der Waals surface area contributed by atoms with E-state index in [1.807, 2.05) is 30.0 Å². The molecule has 4 rings (SSSR count). The number of aryl methyl sites for hydroxylation is 1. The second-order valence-electron chi connectivity index (χ2n) is 6.83. The van der Waals surface area contributed by atoms with E-state index in [0.717, 1.165) is 17.7 Å². The highest BCUT2D eigenvalue weighted by Crippen LogP contribution is 2.28. The molecule has 0 spiro atoms. The molecule has 8 heteroatoms. The van der Waals surface area contributed by atoms with Gasteiger partial charge in [-0.15, -0.1) is 0 Å². The lowest BCUT2D eigenvalue weighted by Gasteiger charge is -2.15. The molecular formula is C21H21N7O. The second-order valence-corrected chi connectivity index (χ2v) is 6.83. The number of pyridine rings is 1. The van der Waals surface area contributed by atoms with Gasteiger partial charge < -0.3 is 10.2 Å². The fourth-order valence-corrected chi connectivity index (χ4v) is 3.31. The molecule has 0 radical (unpaired) electrons. The van der Waals surface area contributed by atoms with E-state index < -0.39 is 0 Å². The number of anilines is 2. The summed E-state index contributed by atoms with van der Waals surface area (Å²) >= 11 is 0. The van der Waals surface area contributed by atoms with Crippen molar-refractivity contribution >= 4 is 23.6 Å². The molecule has 0 aromatic carbocycles. The first kappa shape index (κ1) is 18.7. The van der Waals surface area contributed by atoms with Crippen LogP contribution in [0.4, 0.5) is 11.6 Å². The first-order valence-corrected chi connectivity index (χ1v) is 9.43. The zero-order chi connectivity index (χ0) is 20.1. The second kappa shape index (κ2) is 8.55. The number of hydrogen-bond acceptors (Lipinski definition) is 7. The largest absolute Gasteiger partial charge is 0.338 e. The van der Waals surface area contributed by atoms with Gasteiger partial charge >= 0.3 is 0 Å². The Hall–Kier alpha value is -3.68. The van der Waals surface area contributed by atoms with Crippen molar-refractivity contribution in [2.24, 2.45) is 0 Å². The van der Waals surface area contributed by atoms with Gasteiger partial charge in [0.1, 0.15) is 17.5 Å². The van der Waals surface area contributed by atoms with Crippen molar-refractivity contribution in [3.63, 3.8) is 0 Å². The van der Waals surface area contributed by atoms with Gasteiger partial charge in [0.15, 0.2) is 0 Å². The summed E-state index contributed by atoms with van der Waals surface area (Å²) in [5, 5.41) is 3.16. The van der Waals surface area contributed by atoms with Crippen molar-refractivity contribution in [1.29, 1.82) is 0 Å². The lowest BCUT2D eigenvalue weighted by Crippen LogP contribution is -2.26. The van der Waals surface area contributed by atoms with Crippen LogP contribution in [0.3, 0.4) is 0 Å². The number of nitrogens with zero attached hydrogens (tertiary/aromatic N) is 6. The molecule has 1 N–H and O–H groups in total. The average molecular weight is 387 g/mol. The van der Waals surface area contributed by atoms with Crippen LogP contribution in [0, 0.1) is 6.92 Å². The quantitative estimate of drug-likeness (QED) is 0.672. The lowest BCUT2D eigenvalue weighted by atomic mass is 10.0. The van der Waals surface area contributed by atoms with Crippen molar-refractivity contribution in [3.8, 4) is 0 Å². The highest BCUT2D eigenvalue weighted by Gasteiger charge is 2.27. The molecule has 1 aliphatic heterocycles. The highest BCUT2D eigenvalue weighted by molar-refractivity contribution is 5.92. The van der Waals surface area contributed by atoms with E-state index in [0.29, 0.717) is 30.5 Å². The Morgan fingerprint density at radius 1 is 1.17 bits per heavy atom. The minimum absolute atomic E-state index is 0.0000366. The number of carbonyl (C=O) groups is 1. The molecule has 146 valence electrons. The summed E-state index contributed by atoms with van der Waals surface area (Å²) in [5.74, 6) is 2.15. The number of aromatic nitrogens is 5. The smallest absolute Gasteiger partial charge is 0.246 e. The van der Waals surface area contributed by atoms with Crippen molar-refractivity contribution in [1.82, 2.24) is 29.8 Å². The zero-order valence-electron chi connectivity index (χ0n) is 16.1. The molecule has 8 nitrogen and oxygen atoms in total. The van der Waals surface area contributed by atoms with Crippen LogP contribution in [0.1, 0.15) is 29.4 Å². The maximum Gasteiger partial charge on any atom is 0.246 e. The van der Waals surface area contributed by atoms with Gasteiger partial charge in [-0.25, -0.2) is 15.0 Å². The molecule has 29 heavy (non-hydrogen) atoms. The molecule has 0 bridgehead atoms. The van der Waals surface area contributed by atoms with Crippen LogP contribution in [0.5, 0.6) is 0 Å². The van der Waals surface area contributed by atoms with E-state index in [9.17, 15) is 4.79 Å². The summed E-state index contributed by atoms with van der Waals surface area (Å²) in [6, 6.07) is 5.69. The lowest BCUT2D eigenvalue weighted by molar-refractivity contribution is -0.124. The summed E-state index contributed by atoms with van der Waals surface area (Å²) in [5.41, 5.74) is 1.83. The minimum atomic E-state index is 0.0000366. The summed E-state index contributed by atoms with van der Waals surface area (Å²) in [7, 11) is 0. The van der Waals surface area contributed by atoms with Gasteiger partial charge in [-0.05, 0) is 31.1 Å². The third-order valence-corrected chi connectivity index (χ3v) is 4.70. The van der Waals surface area contributed by atoms with Gasteiger partial charge in [-0.2, -0.15) is 0 Å². The van der Waals surface area contributed by atoms with Gasteiger partial charge in [0, 0.05) is 55.9 Å². The number of nitrogens with one attached hydrogen (secondary N) is 1. The van der Waals surface area contributed by atoms with Crippen LogP contribution in [0.15, 0.2) is 55.3 Å². The summed E-state index contributed by atoms with van der Waals surface area (Å²) in [6.07, 6.45) is 12.6. The van der Waals surface area contributed by atoms with Gasteiger partial charge in [0.25, 0.3) is 0 Å². The monoisotopic (exact) mass is 387 g/mol. The average Bonchev–Trinajstić information content (AvgIpc) is 3.24. The Bertz CT molecular complexity index is 1010. The Kier molecular flexibility index (Phi) is 5.51. The van der Waals surface area contributed by atoms with Crippen molar-refractivity contribution in [2.75, 3.05) is 18.4 Å². The van der Waals surface area contributed by atoms with Crippen molar-refractivity contribution in [3.05, 3.63) is 72.3 Å². The number of carbonyl (C=O) groups excluding carboxylic acids is 1. The molecule has 0 aliphatic carbocycles. The molecule has 0 saturated carbocycles. The summed E-state index contributed by atoms with van der Waals surface area (Å²) < 4.78 is 0. The van der Waals surface area contributed by atoms with Gasteiger partial charge in [0.05, 0.1) is 11.9 Å². The van der Waals surface area contributed by atoms with Crippen molar-refractivity contribution < 1.29 is 4.79 Å². The van der Waals surface area contributed by atoms with Crippen LogP contribution in [-0.4, -0.2) is 48.8 Å². The van der Waals surface area contributed by atoms with Crippen LogP contribution in [-0.2, 0) is 4.79 Å². The number of rotatable bonds is 5. The first-order valence-electron chi connectivity index (χ1n) is 9.43. The first-order chi connectivity index (χ1) is 14.2. The molecule has 4 heterocycles. The Morgan fingerprint density at radius 3 is 2.86 bits per heavy atom. The number of likely N-dealkylation sites (tertiary alicyclic amines) is 1. The van der Waals surface area contributed by atoms with E-state index in [-0.39, 0.29) is 11.8 Å². The molecule has 3 aromatic rings. The third-order valence-electron chi connectivity index (χ3n) is 4.70. The Labute approximate surface area is 168 Å².